The molecule has 0 spiro atoms. The van der Waals surface area contributed by atoms with Crippen LogP contribution in [0.1, 0.15) is 57.7 Å². The molecular weight excluding hydrogens is 413 g/mol. The lowest BCUT2D eigenvalue weighted by atomic mass is 9.60. The zero-order valence-corrected chi connectivity index (χ0v) is 20.8. The van der Waals surface area contributed by atoms with Crippen LogP contribution < -0.4 is 26.1 Å². The second-order valence-electron chi connectivity index (χ2n) is 10.2. The number of ether oxygens (including phenoxy) is 3. The predicted molar refractivity (Wildman–Crippen MR) is 133 cm³/mol. The summed E-state index contributed by atoms with van der Waals surface area (Å²) in [6.45, 7) is 9.58. The lowest BCUT2D eigenvalue weighted by Crippen LogP contribution is -2.59. The van der Waals surface area contributed by atoms with Gasteiger partial charge in [-0.3, -0.25) is 9.69 Å². The van der Waals surface area contributed by atoms with Gasteiger partial charge >= 0.3 is 5.97 Å². The fourth-order valence-corrected chi connectivity index (χ4v) is 5.31. The minimum atomic E-state index is -1.17. The van der Waals surface area contributed by atoms with E-state index in [9.17, 15) is 4.79 Å². The van der Waals surface area contributed by atoms with E-state index in [1.54, 1.807) is 14.2 Å². The Hall–Kier alpha value is -1.60. The van der Waals surface area contributed by atoms with Crippen LogP contribution in [0, 0.1) is 17.8 Å². The number of carbonyl (C=O) groups excluding carboxylic acids is 1. The number of hydrogen-bond acceptors (Lipinski definition) is 6. The fourth-order valence-electron chi connectivity index (χ4n) is 5.31. The summed E-state index contributed by atoms with van der Waals surface area (Å²) < 4.78 is 17.1. The molecule has 3 rings (SSSR count). The molecule has 1 saturated heterocycles. The van der Waals surface area contributed by atoms with Crippen molar-refractivity contribution in [2.75, 3.05) is 27.3 Å². The second kappa shape index (κ2) is 9.95. The van der Waals surface area contributed by atoms with Gasteiger partial charge in [0.1, 0.15) is 29.6 Å². The molecule has 6 radical (unpaired) electrons. The van der Waals surface area contributed by atoms with Crippen LogP contribution in [0.2, 0.25) is 0 Å². The predicted octanol–water partition coefficient (Wildman–Crippen LogP) is 0.648. The number of benzene rings is 1. The molecule has 2 aliphatic heterocycles. The van der Waals surface area contributed by atoms with E-state index in [0.717, 1.165) is 30.5 Å². The molecule has 1 aromatic rings. The van der Waals surface area contributed by atoms with Crippen molar-refractivity contribution < 1.29 is 19.0 Å². The molecule has 2 heterocycles. The Labute approximate surface area is 202 Å². The van der Waals surface area contributed by atoms with E-state index in [1.807, 2.05) is 13.8 Å². The number of esters is 1. The minimum Gasteiger partial charge on any atom is -0.494 e. The van der Waals surface area contributed by atoms with E-state index in [-0.39, 0.29) is 17.9 Å². The van der Waals surface area contributed by atoms with Crippen molar-refractivity contribution in [3.8, 4) is 11.5 Å². The Bertz CT molecular complexity index is 895. The summed E-state index contributed by atoms with van der Waals surface area (Å²) in [6.07, 6.45) is 1.97. The van der Waals surface area contributed by atoms with Crippen LogP contribution in [0.5, 0.6) is 11.5 Å². The first kappa shape index (κ1) is 26.0. The smallest absolute Gasteiger partial charge is 0.322 e. The number of methoxy groups -OCH3 is 2. The average molecular weight is 448 g/mol. The lowest BCUT2D eigenvalue weighted by Gasteiger charge is -2.53. The van der Waals surface area contributed by atoms with E-state index >= 15 is 0 Å². The molecule has 1 aromatic carbocycles. The van der Waals surface area contributed by atoms with Crippen molar-refractivity contribution in [2.45, 2.75) is 64.5 Å². The molecule has 4 atom stereocenters. The van der Waals surface area contributed by atoms with Crippen LogP contribution in [0.25, 0.3) is 0 Å². The third-order valence-electron chi connectivity index (χ3n) is 7.16. The van der Waals surface area contributed by atoms with Crippen molar-refractivity contribution >= 4 is 40.4 Å². The Morgan fingerprint density at radius 2 is 1.76 bits per heavy atom. The van der Waals surface area contributed by atoms with Gasteiger partial charge in [-0.2, -0.15) is 0 Å². The van der Waals surface area contributed by atoms with Crippen LogP contribution in [0.4, 0.5) is 0 Å². The quantitative estimate of drug-likeness (QED) is 0.488. The molecule has 0 amide bonds. The van der Waals surface area contributed by atoms with E-state index in [4.69, 9.17) is 43.5 Å². The van der Waals surface area contributed by atoms with Gasteiger partial charge < -0.3 is 19.9 Å². The first-order chi connectivity index (χ1) is 15.4. The van der Waals surface area contributed by atoms with Crippen molar-refractivity contribution in [1.29, 1.82) is 0 Å². The largest absolute Gasteiger partial charge is 0.494 e. The van der Waals surface area contributed by atoms with Crippen LogP contribution in [-0.4, -0.2) is 73.3 Å². The van der Waals surface area contributed by atoms with Crippen molar-refractivity contribution in [2.24, 2.45) is 23.5 Å². The molecule has 6 nitrogen and oxygen atoms in total. The summed E-state index contributed by atoms with van der Waals surface area (Å²) in [5, 5.41) is 0. The summed E-state index contributed by atoms with van der Waals surface area (Å²) in [5.41, 5.74) is 7.78. The Morgan fingerprint density at radius 1 is 1.15 bits per heavy atom. The van der Waals surface area contributed by atoms with Crippen molar-refractivity contribution in [3.63, 3.8) is 0 Å². The number of hydrogen-bond donors (Lipinski definition) is 1. The third kappa shape index (κ3) is 4.81. The highest BCUT2D eigenvalue weighted by Crippen LogP contribution is 2.46. The molecule has 0 aliphatic carbocycles. The third-order valence-corrected chi connectivity index (χ3v) is 7.16. The van der Waals surface area contributed by atoms with Crippen LogP contribution >= 0.6 is 0 Å². The molecule has 0 aromatic heterocycles. The number of fused-ring (bicyclic) bond motifs is 3. The van der Waals surface area contributed by atoms with Gasteiger partial charge in [-0.25, -0.2) is 0 Å². The zero-order valence-electron chi connectivity index (χ0n) is 20.8. The van der Waals surface area contributed by atoms with Crippen LogP contribution in [0.15, 0.2) is 0 Å². The van der Waals surface area contributed by atoms with Gasteiger partial charge in [-0.15, -0.1) is 0 Å². The maximum atomic E-state index is 12.9. The van der Waals surface area contributed by atoms with Gasteiger partial charge in [0, 0.05) is 25.0 Å². The van der Waals surface area contributed by atoms with E-state index < -0.39 is 17.5 Å². The monoisotopic (exact) mass is 448 g/mol. The molecule has 2 aliphatic rings. The van der Waals surface area contributed by atoms with Gasteiger partial charge in [0.15, 0.2) is 11.5 Å². The van der Waals surface area contributed by atoms with Gasteiger partial charge in [0.05, 0.1) is 19.7 Å². The highest BCUT2D eigenvalue weighted by atomic mass is 16.6. The molecule has 33 heavy (non-hydrogen) atoms. The normalized spacial score (nSPS) is 26.0. The number of nitrogens with zero attached hydrogens (tertiary/aromatic N) is 1. The standard InChI is InChI=1S/C24H35B3N2O4/c1-12(2)9-14-11-29-8-7-15-17(19(26)22(32-6)21(31-5)18(15)25)16(29)10-24(14,27)33-23(30)20(28)13(3)4/h12-14,16,20H,7-11,28H2,1-6H3/t14?,16?,20-,24?/m0/s1. The Morgan fingerprint density at radius 3 is 2.30 bits per heavy atom. The minimum absolute atomic E-state index is 0.0303. The first-order valence-electron chi connectivity index (χ1n) is 11.8. The molecule has 0 saturated carbocycles. The van der Waals surface area contributed by atoms with Crippen LogP contribution in [-0.2, 0) is 16.0 Å². The van der Waals surface area contributed by atoms with Gasteiger partial charge in [0.25, 0.3) is 0 Å². The molecule has 0 bridgehead atoms. The molecule has 3 unspecified atom stereocenters. The summed E-state index contributed by atoms with van der Waals surface area (Å²) in [4.78, 5) is 15.3. The Kier molecular flexibility index (Phi) is 7.84. The molecule has 1 fully saturated rings. The van der Waals surface area contributed by atoms with E-state index in [0.29, 0.717) is 41.3 Å². The van der Waals surface area contributed by atoms with Crippen molar-refractivity contribution in [1.82, 2.24) is 4.90 Å². The highest BCUT2D eigenvalue weighted by molar-refractivity contribution is 6.41. The maximum absolute atomic E-state index is 12.9. The van der Waals surface area contributed by atoms with Gasteiger partial charge in [-0.05, 0) is 53.2 Å². The fraction of sp³-hybridized carbons (Fsp3) is 0.708. The number of carbonyl (C=O) groups is 1. The second-order valence-corrected chi connectivity index (χ2v) is 10.2. The van der Waals surface area contributed by atoms with Crippen LogP contribution in [0.3, 0.4) is 0 Å². The lowest BCUT2D eigenvalue weighted by molar-refractivity contribution is -0.166. The summed E-state index contributed by atoms with van der Waals surface area (Å²) >= 11 is 0. The molecule has 9 heteroatoms. The maximum Gasteiger partial charge on any atom is 0.322 e. The zero-order chi connectivity index (χ0) is 24.7. The number of rotatable bonds is 7. The molecule has 2 N–H and O–H groups in total. The average Bonchev–Trinajstić information content (AvgIpc) is 2.74. The van der Waals surface area contributed by atoms with E-state index in [2.05, 4.69) is 18.7 Å². The Balaban J connectivity index is 2.06. The van der Waals surface area contributed by atoms with E-state index in [1.165, 1.54) is 0 Å². The summed E-state index contributed by atoms with van der Waals surface area (Å²) in [7, 11) is 23.1. The first-order valence-corrected chi connectivity index (χ1v) is 11.8. The number of piperidine rings is 1. The molecule has 174 valence electrons. The topological polar surface area (TPSA) is 74.0 Å². The molecular formula is C24H35B3N2O4. The summed E-state index contributed by atoms with van der Waals surface area (Å²) in [6, 6.07) is -0.890. The van der Waals surface area contributed by atoms with Gasteiger partial charge in [-0.1, -0.05) is 27.7 Å². The SMILES string of the molecule is [B]c1c2c(c([B])c(OC)c1OC)C1CC([B])(OC(=O)[C@@H](N)C(C)C)C(CC(C)C)CN1CC2. The highest BCUT2D eigenvalue weighted by Gasteiger charge is 2.49. The summed E-state index contributed by atoms with van der Waals surface area (Å²) in [5.74, 6) is 0.717. The van der Waals surface area contributed by atoms with Gasteiger partial charge in [0.2, 0.25) is 0 Å². The number of nitrogens with two attached hydrogens (primary N) is 1. The van der Waals surface area contributed by atoms with Crippen molar-refractivity contribution in [3.05, 3.63) is 11.1 Å².